The van der Waals surface area contributed by atoms with Crippen LogP contribution in [-0.4, -0.2) is 39.3 Å². The lowest BCUT2D eigenvalue weighted by Gasteiger charge is -2.21. The maximum absolute atomic E-state index is 13.5. The van der Waals surface area contributed by atoms with Gasteiger partial charge in [0.2, 0.25) is 0 Å². The molecular formula is C19H15Cl2N9O. The number of benzene rings is 1. The van der Waals surface area contributed by atoms with E-state index in [0.717, 1.165) is 0 Å². The van der Waals surface area contributed by atoms with Crippen molar-refractivity contribution in [2.75, 3.05) is 5.32 Å². The SMILES string of the molecule is CCC(Nc1ncnn2ccnc12)c1nc2c(Cl)ccc(Cl)c2c(=O)n1-c1cn[nH]c1. The largest absolute Gasteiger partial charge is 0.357 e. The first kappa shape index (κ1) is 19.5. The van der Waals surface area contributed by atoms with E-state index < -0.39 is 6.04 Å². The van der Waals surface area contributed by atoms with Crippen molar-refractivity contribution in [2.24, 2.45) is 0 Å². The molecule has 4 aromatic heterocycles. The topological polar surface area (TPSA) is 119 Å². The molecule has 31 heavy (non-hydrogen) atoms. The van der Waals surface area contributed by atoms with E-state index in [2.05, 4.69) is 30.6 Å². The Kier molecular flexibility index (Phi) is 4.79. The fourth-order valence-electron chi connectivity index (χ4n) is 3.46. The van der Waals surface area contributed by atoms with Gasteiger partial charge in [-0.15, -0.1) is 0 Å². The number of anilines is 1. The molecule has 0 bridgehead atoms. The van der Waals surface area contributed by atoms with Crippen LogP contribution in [0.1, 0.15) is 25.2 Å². The van der Waals surface area contributed by atoms with Crippen LogP contribution in [0.4, 0.5) is 5.82 Å². The molecule has 1 unspecified atom stereocenters. The van der Waals surface area contributed by atoms with E-state index in [1.807, 2.05) is 6.92 Å². The molecule has 0 aliphatic heterocycles. The third-order valence-electron chi connectivity index (χ3n) is 4.92. The molecular weight excluding hydrogens is 441 g/mol. The summed E-state index contributed by atoms with van der Waals surface area (Å²) in [5.74, 6) is 0.950. The Morgan fingerprint density at radius 3 is 2.84 bits per heavy atom. The van der Waals surface area contributed by atoms with Crippen LogP contribution in [-0.2, 0) is 0 Å². The summed E-state index contributed by atoms with van der Waals surface area (Å²) in [6.07, 6.45) is 8.53. The molecule has 0 amide bonds. The third-order valence-corrected chi connectivity index (χ3v) is 5.54. The molecule has 5 aromatic rings. The number of aromatic nitrogens is 8. The van der Waals surface area contributed by atoms with Crippen LogP contribution in [0.25, 0.3) is 22.2 Å². The first-order valence-electron chi connectivity index (χ1n) is 9.39. The van der Waals surface area contributed by atoms with Crippen molar-refractivity contribution in [1.29, 1.82) is 0 Å². The molecule has 0 aliphatic rings. The second kappa shape index (κ2) is 7.64. The predicted molar refractivity (Wildman–Crippen MR) is 117 cm³/mol. The van der Waals surface area contributed by atoms with Gasteiger partial charge in [0.05, 0.1) is 38.9 Å². The van der Waals surface area contributed by atoms with Crippen molar-refractivity contribution in [2.45, 2.75) is 19.4 Å². The van der Waals surface area contributed by atoms with E-state index in [4.69, 9.17) is 28.2 Å². The fraction of sp³-hybridized carbons (Fsp3) is 0.158. The quantitative estimate of drug-likeness (QED) is 0.416. The Labute approximate surface area is 184 Å². The van der Waals surface area contributed by atoms with Crippen molar-refractivity contribution in [3.8, 4) is 5.69 Å². The number of halogens is 2. The van der Waals surface area contributed by atoms with E-state index in [1.165, 1.54) is 10.9 Å². The van der Waals surface area contributed by atoms with Gasteiger partial charge in [-0.1, -0.05) is 30.1 Å². The lowest BCUT2D eigenvalue weighted by atomic mass is 10.1. The molecule has 2 N–H and O–H groups in total. The normalized spacial score (nSPS) is 12.5. The Morgan fingerprint density at radius 1 is 1.23 bits per heavy atom. The van der Waals surface area contributed by atoms with E-state index in [0.29, 0.717) is 39.9 Å². The minimum absolute atomic E-state index is 0.242. The van der Waals surface area contributed by atoms with Gasteiger partial charge in [0.15, 0.2) is 11.5 Å². The number of H-pyrrole nitrogens is 1. The predicted octanol–water partition coefficient (Wildman–Crippen LogP) is 3.42. The van der Waals surface area contributed by atoms with Crippen molar-refractivity contribution >= 4 is 45.6 Å². The fourth-order valence-corrected chi connectivity index (χ4v) is 3.89. The van der Waals surface area contributed by atoms with Gasteiger partial charge in [-0.25, -0.2) is 19.5 Å². The summed E-state index contributed by atoms with van der Waals surface area (Å²) in [5.41, 5.74) is 1.07. The standard InChI is InChI=1S/C19H15Cl2N9O/c1-2-13(27-16-18-22-5-6-29(18)26-9-23-16)17-28-15-12(21)4-3-11(20)14(15)19(31)30(17)10-7-24-25-8-10/h3-9,13H,2H2,1H3,(H,24,25)(H,23,26,27). The lowest BCUT2D eigenvalue weighted by molar-refractivity contribution is 0.657. The Bertz CT molecular complexity index is 1460. The first-order chi connectivity index (χ1) is 15.1. The number of hydrogen-bond donors (Lipinski definition) is 2. The molecule has 10 nitrogen and oxygen atoms in total. The molecule has 1 aromatic carbocycles. The molecule has 0 saturated carbocycles. The molecule has 0 radical (unpaired) electrons. The molecule has 12 heteroatoms. The number of rotatable bonds is 5. The smallest absolute Gasteiger partial charge is 0.267 e. The highest BCUT2D eigenvalue weighted by atomic mass is 35.5. The highest BCUT2D eigenvalue weighted by Gasteiger charge is 2.24. The van der Waals surface area contributed by atoms with Crippen LogP contribution in [0.2, 0.25) is 10.0 Å². The Hall–Kier alpha value is -3.50. The second-order valence-electron chi connectivity index (χ2n) is 6.73. The molecule has 156 valence electrons. The van der Waals surface area contributed by atoms with Gasteiger partial charge in [0.1, 0.15) is 12.2 Å². The highest BCUT2D eigenvalue weighted by Crippen LogP contribution is 2.30. The van der Waals surface area contributed by atoms with Crippen molar-refractivity contribution in [3.63, 3.8) is 0 Å². The van der Waals surface area contributed by atoms with E-state index in [9.17, 15) is 4.79 Å². The number of imidazole rings is 1. The van der Waals surface area contributed by atoms with Gasteiger partial charge in [-0.3, -0.25) is 14.5 Å². The van der Waals surface area contributed by atoms with E-state index in [1.54, 1.807) is 41.4 Å². The van der Waals surface area contributed by atoms with Gasteiger partial charge >= 0.3 is 0 Å². The first-order valence-corrected chi connectivity index (χ1v) is 10.1. The Morgan fingerprint density at radius 2 is 2.06 bits per heavy atom. The molecule has 5 rings (SSSR count). The molecule has 0 saturated heterocycles. The summed E-state index contributed by atoms with van der Waals surface area (Å²) < 4.78 is 3.08. The number of fused-ring (bicyclic) bond motifs is 2. The number of nitrogens with zero attached hydrogens (tertiary/aromatic N) is 7. The minimum Gasteiger partial charge on any atom is -0.357 e. The van der Waals surface area contributed by atoms with Crippen LogP contribution in [0.5, 0.6) is 0 Å². The van der Waals surface area contributed by atoms with Crippen LogP contribution in [0, 0.1) is 0 Å². The number of aromatic amines is 1. The summed E-state index contributed by atoms with van der Waals surface area (Å²) in [6.45, 7) is 1.97. The van der Waals surface area contributed by atoms with Gasteiger partial charge < -0.3 is 5.32 Å². The number of nitrogens with one attached hydrogen (secondary N) is 2. The molecule has 0 fully saturated rings. The minimum atomic E-state index is -0.405. The lowest BCUT2D eigenvalue weighted by Crippen LogP contribution is -2.28. The summed E-state index contributed by atoms with van der Waals surface area (Å²) in [5, 5.41) is 15.0. The maximum atomic E-state index is 13.5. The van der Waals surface area contributed by atoms with E-state index >= 15 is 0 Å². The average molecular weight is 456 g/mol. The zero-order valence-corrected chi connectivity index (χ0v) is 17.6. The van der Waals surface area contributed by atoms with Gasteiger partial charge in [0.25, 0.3) is 5.56 Å². The zero-order valence-electron chi connectivity index (χ0n) is 16.1. The van der Waals surface area contributed by atoms with Crippen LogP contribution < -0.4 is 10.9 Å². The highest BCUT2D eigenvalue weighted by molar-refractivity contribution is 6.39. The monoisotopic (exact) mass is 455 g/mol. The van der Waals surface area contributed by atoms with E-state index in [-0.39, 0.29) is 16.0 Å². The van der Waals surface area contributed by atoms with Crippen LogP contribution >= 0.6 is 23.2 Å². The average Bonchev–Trinajstić information content (AvgIpc) is 3.46. The molecule has 1 atom stereocenters. The van der Waals surface area contributed by atoms with Crippen LogP contribution in [0.15, 0.2) is 48.0 Å². The van der Waals surface area contributed by atoms with Crippen LogP contribution in [0.3, 0.4) is 0 Å². The van der Waals surface area contributed by atoms with Gasteiger partial charge in [-0.05, 0) is 18.6 Å². The zero-order chi connectivity index (χ0) is 21.5. The molecule has 0 aliphatic carbocycles. The summed E-state index contributed by atoms with van der Waals surface area (Å²) >= 11 is 12.7. The second-order valence-corrected chi connectivity index (χ2v) is 7.54. The number of hydrogen-bond acceptors (Lipinski definition) is 7. The Balaban J connectivity index is 1.76. The van der Waals surface area contributed by atoms with Gasteiger partial charge in [-0.2, -0.15) is 10.2 Å². The van der Waals surface area contributed by atoms with Crippen molar-refractivity contribution in [3.05, 3.63) is 69.5 Å². The van der Waals surface area contributed by atoms with Crippen molar-refractivity contribution in [1.82, 2.24) is 39.3 Å². The van der Waals surface area contributed by atoms with Gasteiger partial charge in [0, 0.05) is 18.6 Å². The summed E-state index contributed by atoms with van der Waals surface area (Å²) in [6, 6.07) is 2.80. The molecule has 0 spiro atoms. The van der Waals surface area contributed by atoms with Crippen molar-refractivity contribution < 1.29 is 0 Å². The molecule has 4 heterocycles. The third kappa shape index (κ3) is 3.20. The summed E-state index contributed by atoms with van der Waals surface area (Å²) in [4.78, 5) is 26.9. The maximum Gasteiger partial charge on any atom is 0.267 e. The summed E-state index contributed by atoms with van der Waals surface area (Å²) in [7, 11) is 0.